The number of nitrogens with one attached hydrogen (secondary N) is 1. The van der Waals surface area contributed by atoms with Gasteiger partial charge in [-0.2, -0.15) is 0 Å². The molecule has 2 aromatic rings. The molecule has 0 bridgehead atoms. The van der Waals surface area contributed by atoms with Gasteiger partial charge in [-0.05, 0) is 36.8 Å². The molecule has 1 N–H and O–H groups in total. The highest BCUT2D eigenvalue weighted by Gasteiger charge is 2.17. The number of anilines is 2. The van der Waals surface area contributed by atoms with E-state index in [0.717, 1.165) is 6.26 Å². The predicted octanol–water partition coefficient (Wildman–Crippen LogP) is 4.18. The van der Waals surface area contributed by atoms with E-state index in [1.54, 1.807) is 42.5 Å². The van der Waals surface area contributed by atoms with Crippen LogP contribution in [0.1, 0.15) is 12.8 Å². The molecule has 0 unspecified atom stereocenters. The maximum atomic E-state index is 12.0. The van der Waals surface area contributed by atoms with Crippen molar-refractivity contribution in [3.8, 4) is 0 Å². The van der Waals surface area contributed by atoms with E-state index in [2.05, 4.69) is 5.32 Å². The summed E-state index contributed by atoms with van der Waals surface area (Å²) in [5, 5.41) is 3.47. The lowest BCUT2D eigenvalue weighted by Crippen LogP contribution is -2.31. The molecule has 2 aromatic carbocycles. The maximum Gasteiger partial charge on any atom is 0.232 e. The Hall–Kier alpha value is -1.76. The smallest absolute Gasteiger partial charge is 0.232 e. The van der Waals surface area contributed by atoms with Gasteiger partial charge in [0.25, 0.3) is 0 Å². The van der Waals surface area contributed by atoms with Crippen molar-refractivity contribution in [2.24, 2.45) is 0 Å². The van der Waals surface area contributed by atoms with Crippen molar-refractivity contribution in [2.75, 3.05) is 22.4 Å². The molecule has 0 fully saturated rings. The summed E-state index contributed by atoms with van der Waals surface area (Å²) in [6.45, 7) is 0.220. The number of nitrogens with zero attached hydrogens (tertiary/aromatic N) is 1. The lowest BCUT2D eigenvalue weighted by molar-refractivity contribution is -0.116. The zero-order chi connectivity index (χ0) is 18.4. The van der Waals surface area contributed by atoms with Crippen LogP contribution in [-0.4, -0.2) is 27.1 Å². The SMILES string of the molecule is CS(=O)(=O)N(CCCC(=O)Nc1ccc(Cl)c(Cl)c1)c1ccccc1. The molecular formula is C17H18Cl2N2O3S. The van der Waals surface area contributed by atoms with Crippen molar-refractivity contribution >= 4 is 50.5 Å². The van der Waals surface area contributed by atoms with E-state index in [0.29, 0.717) is 27.8 Å². The van der Waals surface area contributed by atoms with Gasteiger partial charge in [0.05, 0.1) is 22.0 Å². The Morgan fingerprint density at radius 2 is 1.76 bits per heavy atom. The fraction of sp³-hybridized carbons (Fsp3) is 0.235. The van der Waals surface area contributed by atoms with E-state index in [-0.39, 0.29) is 18.9 Å². The standard InChI is InChI=1S/C17H18Cl2N2O3S/c1-25(23,24)21(14-6-3-2-4-7-14)11-5-8-17(22)20-13-9-10-15(18)16(19)12-13/h2-4,6-7,9-10,12H,5,8,11H2,1H3,(H,20,22). The van der Waals surface area contributed by atoms with E-state index < -0.39 is 10.0 Å². The molecule has 2 rings (SSSR count). The summed E-state index contributed by atoms with van der Waals surface area (Å²) in [5.74, 6) is -0.222. The van der Waals surface area contributed by atoms with Crippen LogP contribution < -0.4 is 9.62 Å². The fourth-order valence-electron chi connectivity index (χ4n) is 2.26. The molecule has 0 saturated heterocycles. The minimum Gasteiger partial charge on any atom is -0.326 e. The lowest BCUT2D eigenvalue weighted by atomic mass is 10.2. The van der Waals surface area contributed by atoms with Crippen molar-refractivity contribution in [1.29, 1.82) is 0 Å². The van der Waals surface area contributed by atoms with Crippen LogP contribution in [0.4, 0.5) is 11.4 Å². The van der Waals surface area contributed by atoms with Gasteiger partial charge in [0, 0.05) is 18.7 Å². The van der Waals surface area contributed by atoms with Gasteiger partial charge in [-0.1, -0.05) is 41.4 Å². The number of carbonyl (C=O) groups is 1. The second kappa shape index (κ2) is 8.56. The summed E-state index contributed by atoms with van der Waals surface area (Å²) >= 11 is 11.7. The number of benzene rings is 2. The van der Waals surface area contributed by atoms with E-state index in [1.807, 2.05) is 6.07 Å². The molecule has 0 aliphatic rings. The first kappa shape index (κ1) is 19.6. The van der Waals surface area contributed by atoms with Crippen LogP contribution in [0.15, 0.2) is 48.5 Å². The van der Waals surface area contributed by atoms with Crippen LogP contribution in [0.3, 0.4) is 0 Å². The van der Waals surface area contributed by atoms with Crippen molar-refractivity contribution < 1.29 is 13.2 Å². The van der Waals surface area contributed by atoms with Crippen molar-refractivity contribution in [3.63, 3.8) is 0 Å². The topological polar surface area (TPSA) is 66.5 Å². The quantitative estimate of drug-likeness (QED) is 0.757. The number of halogens is 2. The first-order valence-corrected chi connectivity index (χ1v) is 10.2. The zero-order valence-corrected chi connectivity index (χ0v) is 15.9. The second-order valence-electron chi connectivity index (χ2n) is 5.45. The molecule has 25 heavy (non-hydrogen) atoms. The van der Waals surface area contributed by atoms with Gasteiger partial charge in [-0.25, -0.2) is 8.42 Å². The maximum absolute atomic E-state index is 12.0. The van der Waals surface area contributed by atoms with Crippen LogP contribution >= 0.6 is 23.2 Å². The van der Waals surface area contributed by atoms with Crippen LogP contribution in [0.5, 0.6) is 0 Å². The van der Waals surface area contributed by atoms with Gasteiger partial charge in [0.2, 0.25) is 15.9 Å². The third-order valence-corrected chi connectivity index (χ3v) is 5.35. The molecule has 0 spiro atoms. The summed E-state index contributed by atoms with van der Waals surface area (Å²) < 4.78 is 25.2. The molecule has 0 saturated carbocycles. The Morgan fingerprint density at radius 1 is 1.08 bits per heavy atom. The van der Waals surface area contributed by atoms with Crippen molar-refractivity contribution in [1.82, 2.24) is 0 Å². The van der Waals surface area contributed by atoms with E-state index in [4.69, 9.17) is 23.2 Å². The van der Waals surface area contributed by atoms with Gasteiger partial charge in [0.1, 0.15) is 0 Å². The van der Waals surface area contributed by atoms with Crippen molar-refractivity contribution in [2.45, 2.75) is 12.8 Å². The molecule has 0 heterocycles. The van der Waals surface area contributed by atoms with Crippen LogP contribution in [0.2, 0.25) is 10.0 Å². The molecule has 0 radical (unpaired) electrons. The van der Waals surface area contributed by atoms with Gasteiger partial charge >= 0.3 is 0 Å². The number of rotatable bonds is 7. The monoisotopic (exact) mass is 400 g/mol. The number of sulfonamides is 1. The summed E-state index contributed by atoms with van der Waals surface area (Å²) in [6.07, 6.45) is 1.71. The number of hydrogen-bond acceptors (Lipinski definition) is 3. The molecule has 8 heteroatoms. The summed E-state index contributed by atoms with van der Waals surface area (Å²) in [5.41, 5.74) is 1.12. The minimum absolute atomic E-state index is 0.180. The summed E-state index contributed by atoms with van der Waals surface area (Å²) in [4.78, 5) is 12.0. The first-order chi connectivity index (χ1) is 11.8. The molecule has 0 atom stereocenters. The Balaban J connectivity index is 1.93. The van der Waals surface area contributed by atoms with Crippen LogP contribution in [-0.2, 0) is 14.8 Å². The van der Waals surface area contributed by atoms with Crippen molar-refractivity contribution in [3.05, 3.63) is 58.6 Å². The Morgan fingerprint density at radius 3 is 2.36 bits per heavy atom. The van der Waals surface area contributed by atoms with E-state index >= 15 is 0 Å². The fourth-order valence-corrected chi connectivity index (χ4v) is 3.52. The van der Waals surface area contributed by atoms with E-state index in [1.165, 1.54) is 4.31 Å². The molecule has 0 aliphatic carbocycles. The highest BCUT2D eigenvalue weighted by atomic mass is 35.5. The minimum atomic E-state index is -3.42. The summed E-state index contributed by atoms with van der Waals surface area (Å²) in [7, 11) is -3.42. The highest BCUT2D eigenvalue weighted by molar-refractivity contribution is 7.92. The van der Waals surface area contributed by atoms with Gasteiger partial charge in [-0.3, -0.25) is 9.10 Å². The lowest BCUT2D eigenvalue weighted by Gasteiger charge is -2.22. The molecule has 0 aromatic heterocycles. The average Bonchev–Trinajstić information content (AvgIpc) is 2.55. The largest absolute Gasteiger partial charge is 0.326 e. The molecule has 134 valence electrons. The highest BCUT2D eigenvalue weighted by Crippen LogP contribution is 2.25. The molecule has 0 aliphatic heterocycles. The number of carbonyl (C=O) groups excluding carboxylic acids is 1. The molecular weight excluding hydrogens is 383 g/mol. The molecule has 5 nitrogen and oxygen atoms in total. The third-order valence-electron chi connectivity index (χ3n) is 3.41. The average molecular weight is 401 g/mol. The van der Waals surface area contributed by atoms with Gasteiger partial charge in [-0.15, -0.1) is 0 Å². The first-order valence-electron chi connectivity index (χ1n) is 7.55. The Kier molecular flexibility index (Phi) is 6.70. The summed E-state index contributed by atoms with van der Waals surface area (Å²) in [6, 6.07) is 13.6. The van der Waals surface area contributed by atoms with E-state index in [9.17, 15) is 13.2 Å². The Bertz CT molecular complexity index is 842. The number of para-hydroxylation sites is 1. The molecule has 1 amide bonds. The third kappa shape index (κ3) is 5.92. The van der Waals surface area contributed by atoms with Crippen LogP contribution in [0.25, 0.3) is 0 Å². The van der Waals surface area contributed by atoms with Gasteiger partial charge in [0.15, 0.2) is 0 Å². The van der Waals surface area contributed by atoms with Gasteiger partial charge < -0.3 is 5.32 Å². The Labute approximate surface area is 157 Å². The second-order valence-corrected chi connectivity index (χ2v) is 8.17. The number of amides is 1. The normalized spacial score (nSPS) is 11.2. The zero-order valence-electron chi connectivity index (χ0n) is 13.6. The van der Waals surface area contributed by atoms with Crippen LogP contribution in [0, 0.1) is 0 Å². The number of hydrogen-bond donors (Lipinski definition) is 1. The predicted molar refractivity (Wildman–Crippen MR) is 103 cm³/mol.